The zero-order chi connectivity index (χ0) is 59.9. The van der Waals surface area contributed by atoms with Gasteiger partial charge in [0, 0.05) is 19.3 Å². The number of ether oxygens (including phenoxy) is 3. The first-order chi connectivity index (χ1) is 41.0. The van der Waals surface area contributed by atoms with E-state index in [-0.39, 0.29) is 31.1 Å². The van der Waals surface area contributed by atoms with Crippen LogP contribution in [0.4, 0.5) is 0 Å². The first kappa shape index (κ1) is 80.1. The predicted octanol–water partition coefficient (Wildman–Crippen LogP) is 25.5. The topological polar surface area (TPSA) is 78.9 Å². The summed E-state index contributed by atoms with van der Waals surface area (Å²) in [7, 11) is 0. The minimum absolute atomic E-state index is 0.0704. The Balaban J connectivity index is 4.15. The Morgan fingerprint density at radius 1 is 0.253 bits per heavy atom. The lowest BCUT2D eigenvalue weighted by Crippen LogP contribution is -2.30. The summed E-state index contributed by atoms with van der Waals surface area (Å²) in [6.45, 7) is 6.59. The van der Waals surface area contributed by atoms with E-state index in [1.807, 2.05) is 0 Å². The van der Waals surface area contributed by atoms with Gasteiger partial charge in [0.2, 0.25) is 0 Å². The molecule has 1 atom stereocenters. The van der Waals surface area contributed by atoms with Gasteiger partial charge >= 0.3 is 17.9 Å². The summed E-state index contributed by atoms with van der Waals surface area (Å²) < 4.78 is 17.0. The summed E-state index contributed by atoms with van der Waals surface area (Å²) in [6, 6.07) is 0. The summed E-state index contributed by atoms with van der Waals surface area (Å²) in [5, 5.41) is 0. The van der Waals surface area contributed by atoms with Crippen molar-refractivity contribution < 1.29 is 28.6 Å². The Morgan fingerprint density at radius 2 is 0.470 bits per heavy atom. The molecule has 0 rings (SSSR count). The number of unbranched alkanes of at least 4 members (excludes halogenated alkanes) is 47. The number of esters is 3. The van der Waals surface area contributed by atoms with Gasteiger partial charge < -0.3 is 14.2 Å². The maximum absolute atomic E-state index is 12.9. The molecule has 0 aliphatic carbocycles. The van der Waals surface area contributed by atoms with Crippen molar-refractivity contribution in [2.24, 2.45) is 0 Å². The van der Waals surface area contributed by atoms with Gasteiger partial charge in [-0.15, -0.1) is 0 Å². The number of hydrogen-bond donors (Lipinski definition) is 0. The summed E-state index contributed by atoms with van der Waals surface area (Å²) in [5.74, 6) is -0.849. The fraction of sp³-hybridized carbons (Fsp3) is 0.831. The van der Waals surface area contributed by atoms with E-state index in [9.17, 15) is 14.4 Å². The third kappa shape index (κ3) is 69.8. The molecule has 0 saturated carbocycles. The molecular weight excluding hydrogens is 1020 g/mol. The zero-order valence-corrected chi connectivity index (χ0v) is 55.7. The predicted molar refractivity (Wildman–Crippen MR) is 362 cm³/mol. The zero-order valence-electron chi connectivity index (χ0n) is 55.7. The third-order valence-corrected chi connectivity index (χ3v) is 16.5. The summed E-state index contributed by atoms with van der Waals surface area (Å²) in [6.07, 6.45) is 92.6. The first-order valence-electron chi connectivity index (χ1n) is 36.8. The minimum Gasteiger partial charge on any atom is -0.462 e. The Hall–Kier alpha value is -2.89. The van der Waals surface area contributed by atoms with Crippen molar-refractivity contribution in [3.05, 3.63) is 60.8 Å². The molecular formula is C77H140O6. The average molecular weight is 1160 g/mol. The lowest BCUT2D eigenvalue weighted by atomic mass is 10.0. The number of allylic oxidation sites excluding steroid dienone is 10. The van der Waals surface area contributed by atoms with Crippen LogP contribution in [0.3, 0.4) is 0 Å². The molecule has 0 fully saturated rings. The summed E-state index contributed by atoms with van der Waals surface area (Å²) in [4.78, 5) is 38.5. The van der Waals surface area contributed by atoms with Crippen LogP contribution in [-0.4, -0.2) is 37.2 Å². The fourth-order valence-electron chi connectivity index (χ4n) is 11.0. The van der Waals surface area contributed by atoms with Crippen molar-refractivity contribution in [1.29, 1.82) is 0 Å². The van der Waals surface area contributed by atoms with Crippen molar-refractivity contribution >= 4 is 17.9 Å². The summed E-state index contributed by atoms with van der Waals surface area (Å²) in [5.41, 5.74) is 0. The maximum Gasteiger partial charge on any atom is 0.306 e. The Bertz CT molecular complexity index is 1470. The molecule has 0 radical (unpaired) electrons. The van der Waals surface area contributed by atoms with E-state index in [0.29, 0.717) is 19.3 Å². The van der Waals surface area contributed by atoms with Crippen molar-refractivity contribution in [3.8, 4) is 0 Å². The smallest absolute Gasteiger partial charge is 0.306 e. The molecule has 484 valence electrons. The van der Waals surface area contributed by atoms with Gasteiger partial charge in [-0.3, -0.25) is 14.4 Å². The van der Waals surface area contributed by atoms with Crippen LogP contribution in [0.25, 0.3) is 0 Å². The lowest BCUT2D eigenvalue weighted by Gasteiger charge is -2.18. The van der Waals surface area contributed by atoms with Crippen molar-refractivity contribution in [2.75, 3.05) is 13.2 Å². The molecule has 6 nitrogen and oxygen atoms in total. The van der Waals surface area contributed by atoms with E-state index in [0.717, 1.165) is 89.9 Å². The van der Waals surface area contributed by atoms with Crippen LogP contribution < -0.4 is 0 Å². The SMILES string of the molecule is CC/C=C\C/C=C\C/C=C\C/C=C\CCCCCCCCCCCCCCCCCCCCCCC(=O)OCC(COC(=O)CCCCCCCCCCCCCCCCCC)OC(=O)CCCCCCC/C=C\CCCCCCCCC. The lowest BCUT2D eigenvalue weighted by molar-refractivity contribution is -0.167. The molecule has 83 heavy (non-hydrogen) atoms. The molecule has 0 amide bonds. The quantitative estimate of drug-likeness (QED) is 0.0261. The van der Waals surface area contributed by atoms with Crippen LogP contribution in [0.2, 0.25) is 0 Å². The molecule has 0 heterocycles. The van der Waals surface area contributed by atoms with Crippen LogP contribution in [0.5, 0.6) is 0 Å². The molecule has 0 aromatic rings. The van der Waals surface area contributed by atoms with Gasteiger partial charge in [-0.05, 0) is 83.5 Å². The second-order valence-electron chi connectivity index (χ2n) is 24.8. The fourth-order valence-corrected chi connectivity index (χ4v) is 11.0. The Kier molecular flexibility index (Phi) is 69.1. The molecule has 0 aliphatic heterocycles. The highest BCUT2D eigenvalue weighted by Crippen LogP contribution is 2.19. The Morgan fingerprint density at radius 3 is 0.747 bits per heavy atom. The van der Waals surface area contributed by atoms with E-state index in [1.54, 1.807) is 0 Å². The number of rotatable bonds is 68. The highest BCUT2D eigenvalue weighted by Gasteiger charge is 2.19. The van der Waals surface area contributed by atoms with Crippen LogP contribution in [0, 0.1) is 0 Å². The summed E-state index contributed by atoms with van der Waals surface area (Å²) >= 11 is 0. The van der Waals surface area contributed by atoms with E-state index in [4.69, 9.17) is 14.2 Å². The van der Waals surface area contributed by atoms with Crippen molar-refractivity contribution in [2.45, 2.75) is 399 Å². The van der Waals surface area contributed by atoms with Crippen LogP contribution in [0.15, 0.2) is 60.8 Å². The maximum atomic E-state index is 12.9. The molecule has 0 N–H and O–H groups in total. The van der Waals surface area contributed by atoms with Crippen molar-refractivity contribution in [3.63, 3.8) is 0 Å². The molecule has 1 unspecified atom stereocenters. The van der Waals surface area contributed by atoms with E-state index in [2.05, 4.69) is 81.5 Å². The minimum atomic E-state index is -0.775. The van der Waals surface area contributed by atoms with Crippen LogP contribution in [-0.2, 0) is 28.6 Å². The average Bonchev–Trinajstić information content (AvgIpc) is 3.49. The van der Waals surface area contributed by atoms with Crippen LogP contribution in [0.1, 0.15) is 393 Å². The Labute approximate surface area is 517 Å². The van der Waals surface area contributed by atoms with Gasteiger partial charge in [-0.25, -0.2) is 0 Å². The highest BCUT2D eigenvalue weighted by atomic mass is 16.6. The van der Waals surface area contributed by atoms with Gasteiger partial charge in [-0.2, -0.15) is 0 Å². The molecule has 6 heteroatoms. The second-order valence-corrected chi connectivity index (χ2v) is 24.8. The highest BCUT2D eigenvalue weighted by molar-refractivity contribution is 5.71. The monoisotopic (exact) mass is 1160 g/mol. The largest absolute Gasteiger partial charge is 0.462 e. The van der Waals surface area contributed by atoms with Gasteiger partial charge in [0.1, 0.15) is 13.2 Å². The molecule has 0 bridgehead atoms. The standard InChI is InChI=1S/C77H140O6/c1-4-7-10-13-16-19-22-25-28-31-32-33-34-35-36-37-38-39-40-41-42-43-44-45-46-47-50-52-55-58-61-64-67-70-76(79)82-73-74(83-77(80)71-68-65-62-59-56-53-49-30-27-24-21-18-15-12-9-6-3)72-81-75(78)69-66-63-60-57-54-51-48-29-26-23-20-17-14-11-8-5-2/h7,10,16,19,25,28,30,32-33,49,74H,4-6,8-9,11-15,17-18,20-24,26-27,29,31,34-48,50-73H2,1-3H3/b10-7-,19-16-,28-25-,33-32-,49-30-. The normalized spacial score (nSPS) is 12.4. The molecule has 0 aliphatic rings. The van der Waals surface area contributed by atoms with Crippen LogP contribution >= 0.6 is 0 Å². The molecule has 0 saturated heterocycles. The third-order valence-electron chi connectivity index (χ3n) is 16.5. The molecule has 0 spiro atoms. The second kappa shape index (κ2) is 71.6. The number of carbonyl (C=O) groups excluding carboxylic acids is 3. The van der Waals surface area contributed by atoms with E-state index >= 15 is 0 Å². The van der Waals surface area contributed by atoms with Gasteiger partial charge in [0.15, 0.2) is 6.10 Å². The van der Waals surface area contributed by atoms with Gasteiger partial charge in [-0.1, -0.05) is 351 Å². The molecule has 0 aromatic carbocycles. The molecule has 0 aromatic heterocycles. The van der Waals surface area contributed by atoms with Gasteiger partial charge in [0.25, 0.3) is 0 Å². The number of carbonyl (C=O) groups is 3. The van der Waals surface area contributed by atoms with E-state index < -0.39 is 6.10 Å². The van der Waals surface area contributed by atoms with Gasteiger partial charge in [0.05, 0.1) is 0 Å². The van der Waals surface area contributed by atoms with Crippen molar-refractivity contribution in [1.82, 2.24) is 0 Å². The van der Waals surface area contributed by atoms with E-state index in [1.165, 1.54) is 263 Å². The number of hydrogen-bond acceptors (Lipinski definition) is 6. The first-order valence-corrected chi connectivity index (χ1v) is 36.8.